The molecule has 0 aliphatic rings. The Labute approximate surface area is 130 Å². The SMILES string of the molecule is O=C(O)CCc1cccc(NC(=O)c2ccccc2Br)c1. The highest BCUT2D eigenvalue weighted by molar-refractivity contribution is 9.10. The number of halogens is 1. The fourth-order valence-electron chi connectivity index (χ4n) is 1.90. The summed E-state index contributed by atoms with van der Waals surface area (Å²) in [7, 11) is 0. The van der Waals surface area contributed by atoms with Gasteiger partial charge in [-0.1, -0.05) is 24.3 Å². The van der Waals surface area contributed by atoms with Crippen LogP contribution in [-0.2, 0) is 11.2 Å². The molecule has 2 aromatic rings. The lowest BCUT2D eigenvalue weighted by Gasteiger charge is -2.08. The number of carboxylic acid groups (broad SMARTS) is 1. The smallest absolute Gasteiger partial charge is 0.303 e. The van der Waals surface area contributed by atoms with Crippen molar-refractivity contribution in [2.75, 3.05) is 5.32 Å². The van der Waals surface area contributed by atoms with Crippen LogP contribution in [0.25, 0.3) is 0 Å². The first-order chi connectivity index (χ1) is 10.1. The molecule has 0 radical (unpaired) electrons. The number of aryl methyl sites for hydroxylation is 1. The summed E-state index contributed by atoms with van der Waals surface area (Å²) < 4.78 is 0.726. The van der Waals surface area contributed by atoms with Crippen LogP contribution in [0.2, 0.25) is 0 Å². The van der Waals surface area contributed by atoms with Crippen molar-refractivity contribution in [1.82, 2.24) is 0 Å². The Bertz CT molecular complexity index is 670. The summed E-state index contributed by atoms with van der Waals surface area (Å²) in [6.07, 6.45) is 0.510. The molecule has 0 spiro atoms. The number of benzene rings is 2. The number of aliphatic carboxylic acids is 1. The monoisotopic (exact) mass is 347 g/mol. The lowest BCUT2D eigenvalue weighted by Crippen LogP contribution is -2.12. The van der Waals surface area contributed by atoms with Crippen LogP contribution in [0.4, 0.5) is 5.69 Å². The second-order valence-electron chi connectivity index (χ2n) is 4.53. The van der Waals surface area contributed by atoms with Gasteiger partial charge in [-0.05, 0) is 52.2 Å². The summed E-state index contributed by atoms with van der Waals surface area (Å²) >= 11 is 3.34. The number of carbonyl (C=O) groups is 2. The molecule has 2 rings (SSSR count). The van der Waals surface area contributed by atoms with E-state index in [2.05, 4.69) is 21.2 Å². The molecule has 0 aliphatic heterocycles. The molecule has 0 aliphatic carbocycles. The molecule has 0 atom stereocenters. The number of carboxylic acids is 1. The highest BCUT2D eigenvalue weighted by Gasteiger charge is 2.09. The Morgan fingerprint density at radius 2 is 1.86 bits per heavy atom. The van der Waals surface area contributed by atoms with Gasteiger partial charge in [0.2, 0.25) is 0 Å². The minimum atomic E-state index is -0.836. The molecule has 0 heterocycles. The van der Waals surface area contributed by atoms with Crippen molar-refractivity contribution in [2.24, 2.45) is 0 Å². The first-order valence-electron chi connectivity index (χ1n) is 6.43. The molecular formula is C16H14BrNO3. The van der Waals surface area contributed by atoms with Gasteiger partial charge in [-0.2, -0.15) is 0 Å². The summed E-state index contributed by atoms with van der Waals surface area (Å²) in [4.78, 5) is 22.8. The zero-order chi connectivity index (χ0) is 15.2. The van der Waals surface area contributed by atoms with Crippen molar-refractivity contribution in [3.05, 3.63) is 64.1 Å². The van der Waals surface area contributed by atoms with Crippen LogP contribution in [-0.4, -0.2) is 17.0 Å². The third-order valence-electron chi connectivity index (χ3n) is 2.93. The topological polar surface area (TPSA) is 66.4 Å². The number of carbonyl (C=O) groups excluding carboxylic acids is 1. The summed E-state index contributed by atoms with van der Waals surface area (Å²) in [6, 6.07) is 14.4. The van der Waals surface area contributed by atoms with E-state index in [4.69, 9.17) is 5.11 Å². The highest BCUT2D eigenvalue weighted by Crippen LogP contribution is 2.18. The van der Waals surface area contributed by atoms with Crippen LogP contribution in [0.5, 0.6) is 0 Å². The Hall–Kier alpha value is -2.14. The maximum atomic E-state index is 12.2. The van der Waals surface area contributed by atoms with E-state index in [-0.39, 0.29) is 12.3 Å². The molecule has 108 valence electrons. The highest BCUT2D eigenvalue weighted by atomic mass is 79.9. The predicted octanol–water partition coefficient (Wildman–Crippen LogP) is 3.72. The van der Waals surface area contributed by atoms with Crippen LogP contribution >= 0.6 is 15.9 Å². The fourth-order valence-corrected chi connectivity index (χ4v) is 2.36. The number of hydrogen-bond acceptors (Lipinski definition) is 2. The van der Waals surface area contributed by atoms with E-state index in [9.17, 15) is 9.59 Å². The lowest BCUT2D eigenvalue weighted by molar-refractivity contribution is -0.136. The number of anilines is 1. The Kier molecular flexibility index (Phi) is 5.11. The maximum absolute atomic E-state index is 12.2. The van der Waals surface area contributed by atoms with Crippen LogP contribution in [0.15, 0.2) is 53.0 Å². The van der Waals surface area contributed by atoms with Gasteiger partial charge in [0.25, 0.3) is 5.91 Å². The van der Waals surface area contributed by atoms with Gasteiger partial charge in [-0.25, -0.2) is 0 Å². The second kappa shape index (κ2) is 7.04. The molecule has 2 aromatic carbocycles. The average Bonchev–Trinajstić information content (AvgIpc) is 2.46. The average molecular weight is 348 g/mol. The molecule has 0 saturated heterocycles. The van der Waals surface area contributed by atoms with Gasteiger partial charge in [-0.3, -0.25) is 9.59 Å². The number of nitrogens with one attached hydrogen (secondary N) is 1. The van der Waals surface area contributed by atoms with E-state index >= 15 is 0 Å². The van der Waals surface area contributed by atoms with Crippen molar-refractivity contribution in [3.8, 4) is 0 Å². The summed E-state index contributed by atoms with van der Waals surface area (Å²) in [5.74, 6) is -1.05. The number of amides is 1. The van der Waals surface area contributed by atoms with E-state index in [1.54, 1.807) is 36.4 Å². The Morgan fingerprint density at radius 1 is 1.10 bits per heavy atom. The molecule has 0 saturated carbocycles. The minimum absolute atomic E-state index is 0.0711. The van der Waals surface area contributed by atoms with E-state index in [1.807, 2.05) is 12.1 Å². The van der Waals surface area contributed by atoms with Gasteiger partial charge < -0.3 is 10.4 Å². The van der Waals surface area contributed by atoms with E-state index < -0.39 is 5.97 Å². The van der Waals surface area contributed by atoms with Gasteiger partial charge in [0.15, 0.2) is 0 Å². The van der Waals surface area contributed by atoms with E-state index in [0.29, 0.717) is 17.7 Å². The molecule has 2 N–H and O–H groups in total. The van der Waals surface area contributed by atoms with Crippen LogP contribution in [0.3, 0.4) is 0 Å². The number of rotatable bonds is 5. The van der Waals surface area contributed by atoms with Gasteiger partial charge in [-0.15, -0.1) is 0 Å². The zero-order valence-corrected chi connectivity index (χ0v) is 12.8. The molecule has 4 nitrogen and oxygen atoms in total. The van der Waals surface area contributed by atoms with Crippen molar-refractivity contribution in [1.29, 1.82) is 0 Å². The minimum Gasteiger partial charge on any atom is -0.481 e. The largest absolute Gasteiger partial charge is 0.481 e. The number of hydrogen-bond donors (Lipinski definition) is 2. The third kappa shape index (κ3) is 4.43. The Morgan fingerprint density at radius 3 is 2.57 bits per heavy atom. The summed E-state index contributed by atoms with van der Waals surface area (Å²) in [6.45, 7) is 0. The standard InChI is InChI=1S/C16H14BrNO3/c17-14-7-2-1-6-13(14)16(21)18-12-5-3-4-11(10-12)8-9-15(19)20/h1-7,10H,8-9H2,(H,18,21)(H,19,20). The van der Waals surface area contributed by atoms with Gasteiger partial charge in [0.05, 0.1) is 5.56 Å². The van der Waals surface area contributed by atoms with E-state index in [1.165, 1.54) is 0 Å². The van der Waals surface area contributed by atoms with Crippen molar-refractivity contribution in [3.63, 3.8) is 0 Å². The second-order valence-corrected chi connectivity index (χ2v) is 5.38. The predicted molar refractivity (Wildman–Crippen MR) is 84.5 cm³/mol. The van der Waals surface area contributed by atoms with Crippen molar-refractivity contribution < 1.29 is 14.7 Å². The quantitative estimate of drug-likeness (QED) is 0.866. The van der Waals surface area contributed by atoms with Gasteiger partial charge >= 0.3 is 5.97 Å². The first kappa shape index (κ1) is 15.3. The first-order valence-corrected chi connectivity index (χ1v) is 7.22. The van der Waals surface area contributed by atoms with Gasteiger partial charge in [0.1, 0.15) is 0 Å². The summed E-state index contributed by atoms with van der Waals surface area (Å²) in [5.41, 5.74) is 2.08. The maximum Gasteiger partial charge on any atom is 0.303 e. The molecule has 0 unspecified atom stereocenters. The van der Waals surface area contributed by atoms with Gasteiger partial charge in [0, 0.05) is 16.6 Å². The van der Waals surface area contributed by atoms with Crippen LogP contribution in [0, 0.1) is 0 Å². The Balaban J connectivity index is 2.09. The fraction of sp³-hybridized carbons (Fsp3) is 0.125. The summed E-state index contributed by atoms with van der Waals surface area (Å²) in [5, 5.41) is 11.5. The third-order valence-corrected chi connectivity index (χ3v) is 3.62. The zero-order valence-electron chi connectivity index (χ0n) is 11.2. The van der Waals surface area contributed by atoms with Crippen LogP contribution in [0.1, 0.15) is 22.3 Å². The van der Waals surface area contributed by atoms with Crippen molar-refractivity contribution >= 4 is 33.5 Å². The molecule has 1 amide bonds. The molecule has 0 bridgehead atoms. The van der Waals surface area contributed by atoms with Crippen LogP contribution < -0.4 is 5.32 Å². The molecule has 21 heavy (non-hydrogen) atoms. The molecule has 0 aromatic heterocycles. The molecule has 5 heteroatoms. The normalized spacial score (nSPS) is 10.1. The molecule has 0 fully saturated rings. The van der Waals surface area contributed by atoms with Crippen molar-refractivity contribution in [2.45, 2.75) is 12.8 Å². The molecular weight excluding hydrogens is 334 g/mol. The lowest BCUT2D eigenvalue weighted by atomic mass is 10.1. The van der Waals surface area contributed by atoms with E-state index in [0.717, 1.165) is 10.0 Å².